The highest BCUT2D eigenvalue weighted by Gasteiger charge is 2.42. The van der Waals surface area contributed by atoms with Crippen LogP contribution in [0.2, 0.25) is 0 Å². The quantitative estimate of drug-likeness (QED) is 0.782. The average Bonchev–Trinajstić information content (AvgIpc) is 3.10. The molecule has 1 heterocycles. The van der Waals surface area contributed by atoms with Gasteiger partial charge in [-0.2, -0.15) is 0 Å². The van der Waals surface area contributed by atoms with Crippen LogP contribution in [-0.4, -0.2) is 27.5 Å². The fourth-order valence-electron chi connectivity index (χ4n) is 3.44. The molecular formula is C20H22F2N2O4. The van der Waals surface area contributed by atoms with Gasteiger partial charge in [0.25, 0.3) is 0 Å². The zero-order chi connectivity index (χ0) is 20.3. The normalized spacial score (nSPS) is 22.0. The molecule has 1 saturated carbocycles. The van der Waals surface area contributed by atoms with Crippen LogP contribution >= 0.6 is 0 Å². The Labute approximate surface area is 161 Å². The van der Waals surface area contributed by atoms with Gasteiger partial charge in [-0.3, -0.25) is 4.79 Å². The zero-order valence-corrected chi connectivity index (χ0v) is 15.5. The molecular weight excluding hydrogens is 370 g/mol. The van der Waals surface area contributed by atoms with Crippen LogP contribution in [0.1, 0.15) is 44.9 Å². The van der Waals surface area contributed by atoms with Crippen LogP contribution in [0.4, 0.5) is 8.78 Å². The van der Waals surface area contributed by atoms with E-state index in [-0.39, 0.29) is 30.1 Å². The van der Waals surface area contributed by atoms with Gasteiger partial charge in [-0.05, 0) is 43.7 Å². The number of nitrogens with zero attached hydrogens (tertiary/aromatic N) is 1. The number of carbonyl (C=O) groups excluding carboxylic acids is 1. The second-order valence-corrected chi connectivity index (χ2v) is 7.36. The van der Waals surface area contributed by atoms with Crippen molar-refractivity contribution >= 4 is 11.9 Å². The van der Waals surface area contributed by atoms with E-state index in [1.54, 1.807) is 0 Å². The number of carboxylic acids is 1. The molecule has 1 aromatic heterocycles. The Morgan fingerprint density at radius 1 is 1.32 bits per heavy atom. The van der Waals surface area contributed by atoms with Gasteiger partial charge in [0, 0.05) is 18.9 Å². The fraction of sp³-hybridized carbons (Fsp3) is 0.450. The standard InChI is InChI=1S/C20H22F2N2O4/c1-12-6-8-20(9-7-12,19(26)27)24-17(25)4-5-18-23-11-16(28-18)14-3-2-13(21)10-15(14)22/h2-3,10-12H,4-9H2,1H3,(H,24,25)(H,26,27). The summed E-state index contributed by atoms with van der Waals surface area (Å²) in [6.07, 6.45) is 3.75. The first-order valence-corrected chi connectivity index (χ1v) is 9.23. The summed E-state index contributed by atoms with van der Waals surface area (Å²) in [5.41, 5.74) is -1.14. The summed E-state index contributed by atoms with van der Waals surface area (Å²) in [6.45, 7) is 2.07. The van der Waals surface area contributed by atoms with Crippen molar-refractivity contribution in [1.29, 1.82) is 0 Å². The molecule has 28 heavy (non-hydrogen) atoms. The minimum atomic E-state index is -1.22. The van der Waals surface area contributed by atoms with Crippen molar-refractivity contribution in [3.05, 3.63) is 41.9 Å². The number of aryl methyl sites for hydroxylation is 1. The lowest BCUT2D eigenvalue weighted by atomic mass is 9.77. The maximum atomic E-state index is 13.8. The molecule has 3 rings (SSSR count). The van der Waals surface area contributed by atoms with Gasteiger partial charge in [0.05, 0.1) is 11.8 Å². The Balaban J connectivity index is 1.60. The van der Waals surface area contributed by atoms with Crippen LogP contribution in [0.15, 0.2) is 28.8 Å². The smallest absolute Gasteiger partial charge is 0.329 e. The number of nitrogens with one attached hydrogen (secondary N) is 1. The Bertz CT molecular complexity index is 873. The van der Waals surface area contributed by atoms with Crippen LogP contribution in [0.3, 0.4) is 0 Å². The van der Waals surface area contributed by atoms with Crippen LogP contribution in [-0.2, 0) is 16.0 Å². The van der Waals surface area contributed by atoms with Crippen LogP contribution in [0.25, 0.3) is 11.3 Å². The lowest BCUT2D eigenvalue weighted by molar-refractivity contribution is -0.149. The number of carboxylic acid groups (broad SMARTS) is 1. The van der Waals surface area contributed by atoms with Crippen LogP contribution in [0, 0.1) is 17.6 Å². The Kier molecular flexibility index (Phi) is 5.76. The summed E-state index contributed by atoms with van der Waals surface area (Å²) < 4.78 is 32.3. The van der Waals surface area contributed by atoms with Crippen molar-refractivity contribution in [2.75, 3.05) is 0 Å². The van der Waals surface area contributed by atoms with Gasteiger partial charge in [0.2, 0.25) is 5.91 Å². The molecule has 0 bridgehead atoms. The van der Waals surface area contributed by atoms with Gasteiger partial charge in [0.15, 0.2) is 11.7 Å². The number of rotatable bonds is 6. The number of benzene rings is 1. The summed E-state index contributed by atoms with van der Waals surface area (Å²) >= 11 is 0. The largest absolute Gasteiger partial charge is 0.480 e. The number of carbonyl (C=O) groups is 2. The highest BCUT2D eigenvalue weighted by Crippen LogP contribution is 2.32. The number of hydrogen-bond acceptors (Lipinski definition) is 4. The molecule has 8 heteroatoms. The number of amides is 1. The number of oxazole rings is 1. The first-order chi connectivity index (χ1) is 13.3. The lowest BCUT2D eigenvalue weighted by Gasteiger charge is -2.36. The van der Waals surface area contributed by atoms with Gasteiger partial charge in [-0.1, -0.05) is 6.92 Å². The molecule has 0 saturated heterocycles. The average molecular weight is 392 g/mol. The number of aliphatic carboxylic acids is 1. The van der Waals surface area contributed by atoms with Crippen molar-refractivity contribution in [1.82, 2.24) is 10.3 Å². The maximum absolute atomic E-state index is 13.8. The molecule has 1 aromatic carbocycles. The van der Waals surface area contributed by atoms with Crippen molar-refractivity contribution in [2.24, 2.45) is 5.92 Å². The molecule has 0 unspecified atom stereocenters. The van der Waals surface area contributed by atoms with E-state index < -0.39 is 29.0 Å². The van der Waals surface area contributed by atoms with E-state index >= 15 is 0 Å². The van der Waals surface area contributed by atoms with Crippen molar-refractivity contribution in [3.8, 4) is 11.3 Å². The monoisotopic (exact) mass is 392 g/mol. The number of hydrogen-bond donors (Lipinski definition) is 2. The third-order valence-corrected chi connectivity index (χ3v) is 5.23. The fourth-order valence-corrected chi connectivity index (χ4v) is 3.44. The molecule has 2 N–H and O–H groups in total. The SMILES string of the molecule is CC1CCC(NC(=O)CCc2ncc(-c3ccc(F)cc3F)o2)(C(=O)O)CC1. The minimum absolute atomic E-state index is 0.00353. The number of aromatic nitrogens is 1. The van der Waals surface area contributed by atoms with Gasteiger partial charge in [-0.15, -0.1) is 0 Å². The Hall–Kier alpha value is -2.77. The zero-order valence-electron chi connectivity index (χ0n) is 15.5. The van der Waals surface area contributed by atoms with E-state index in [4.69, 9.17) is 4.42 Å². The maximum Gasteiger partial charge on any atom is 0.329 e. The minimum Gasteiger partial charge on any atom is -0.480 e. The van der Waals surface area contributed by atoms with Crippen LogP contribution < -0.4 is 5.32 Å². The van der Waals surface area contributed by atoms with Gasteiger partial charge >= 0.3 is 5.97 Å². The summed E-state index contributed by atoms with van der Waals surface area (Å²) in [4.78, 5) is 28.0. The first kappa shape index (κ1) is 20.0. The second kappa shape index (κ2) is 8.08. The highest BCUT2D eigenvalue weighted by atomic mass is 19.1. The molecule has 0 spiro atoms. The predicted molar refractivity (Wildman–Crippen MR) is 96.3 cm³/mol. The van der Waals surface area contributed by atoms with Gasteiger partial charge in [-0.25, -0.2) is 18.6 Å². The summed E-state index contributed by atoms with van der Waals surface area (Å²) in [7, 11) is 0. The Morgan fingerprint density at radius 3 is 2.68 bits per heavy atom. The van der Waals surface area contributed by atoms with E-state index in [1.807, 2.05) is 0 Å². The molecule has 150 valence electrons. The Morgan fingerprint density at radius 2 is 2.04 bits per heavy atom. The summed E-state index contributed by atoms with van der Waals surface area (Å²) in [5, 5.41) is 12.2. The molecule has 6 nitrogen and oxygen atoms in total. The van der Waals surface area contributed by atoms with Crippen molar-refractivity contribution in [2.45, 2.75) is 51.0 Å². The van der Waals surface area contributed by atoms with Gasteiger partial charge < -0.3 is 14.8 Å². The third kappa shape index (κ3) is 4.37. The molecule has 0 radical (unpaired) electrons. The molecule has 0 atom stereocenters. The molecule has 2 aromatic rings. The topological polar surface area (TPSA) is 92.4 Å². The molecule has 1 fully saturated rings. The molecule has 1 aliphatic rings. The molecule has 1 aliphatic carbocycles. The van der Waals surface area contributed by atoms with Crippen LogP contribution in [0.5, 0.6) is 0 Å². The van der Waals surface area contributed by atoms with Crippen molar-refractivity contribution < 1.29 is 27.9 Å². The summed E-state index contributed by atoms with van der Waals surface area (Å²) in [5.74, 6) is -2.08. The van der Waals surface area contributed by atoms with E-state index in [0.29, 0.717) is 18.8 Å². The van der Waals surface area contributed by atoms with Gasteiger partial charge in [0.1, 0.15) is 17.2 Å². The van der Waals surface area contributed by atoms with E-state index in [1.165, 1.54) is 12.3 Å². The van der Waals surface area contributed by atoms with E-state index in [9.17, 15) is 23.5 Å². The predicted octanol–water partition coefficient (Wildman–Crippen LogP) is 3.70. The second-order valence-electron chi connectivity index (χ2n) is 7.36. The molecule has 0 aliphatic heterocycles. The summed E-state index contributed by atoms with van der Waals surface area (Å²) in [6, 6.07) is 3.12. The highest BCUT2D eigenvalue weighted by molar-refractivity contribution is 5.87. The lowest BCUT2D eigenvalue weighted by Crippen LogP contribution is -2.56. The number of halogens is 2. The third-order valence-electron chi connectivity index (χ3n) is 5.23. The van der Waals surface area contributed by atoms with Crippen molar-refractivity contribution in [3.63, 3.8) is 0 Å². The molecule has 1 amide bonds. The first-order valence-electron chi connectivity index (χ1n) is 9.23. The van der Waals surface area contributed by atoms with E-state index in [0.717, 1.165) is 25.0 Å². The van der Waals surface area contributed by atoms with E-state index in [2.05, 4.69) is 17.2 Å².